The number of aromatic hydroxyl groups is 1. The fraction of sp³-hybridized carbons (Fsp3) is 0.500. The molecule has 1 aromatic rings. The number of phenolic OH excluding ortho intramolecular Hbond substituents is 1. The van der Waals surface area contributed by atoms with Gasteiger partial charge in [0.2, 0.25) is 5.91 Å². The van der Waals surface area contributed by atoms with Crippen LogP contribution < -0.4 is 10.1 Å². The van der Waals surface area contributed by atoms with E-state index in [9.17, 15) is 14.7 Å². The quantitative estimate of drug-likeness (QED) is 0.794. The molecule has 0 aromatic heterocycles. The molecular formula is C16H20N2O5. The minimum absolute atomic E-state index is 0.0651. The van der Waals surface area contributed by atoms with Gasteiger partial charge in [-0.2, -0.15) is 5.06 Å². The van der Waals surface area contributed by atoms with Gasteiger partial charge in [0.15, 0.2) is 6.10 Å². The summed E-state index contributed by atoms with van der Waals surface area (Å²) >= 11 is 0. The van der Waals surface area contributed by atoms with E-state index < -0.39 is 29.5 Å². The molecule has 0 bridgehead atoms. The van der Waals surface area contributed by atoms with Gasteiger partial charge in [-0.25, -0.2) is 0 Å². The summed E-state index contributed by atoms with van der Waals surface area (Å²) in [5.41, 5.74) is 0.260. The maximum Gasteiger partial charge on any atom is 0.258 e. The zero-order valence-electron chi connectivity index (χ0n) is 13.5. The zero-order valence-corrected chi connectivity index (χ0v) is 13.5. The van der Waals surface area contributed by atoms with Crippen LogP contribution in [0.2, 0.25) is 0 Å². The van der Waals surface area contributed by atoms with Crippen molar-refractivity contribution < 1.29 is 24.3 Å². The van der Waals surface area contributed by atoms with Crippen LogP contribution >= 0.6 is 0 Å². The third kappa shape index (κ3) is 2.46. The smallest absolute Gasteiger partial charge is 0.258 e. The van der Waals surface area contributed by atoms with Crippen molar-refractivity contribution in [3.63, 3.8) is 0 Å². The van der Waals surface area contributed by atoms with E-state index >= 15 is 0 Å². The van der Waals surface area contributed by atoms with Crippen LogP contribution in [0.15, 0.2) is 18.2 Å². The average molecular weight is 320 g/mol. The molecule has 2 N–H and O–H groups in total. The Kier molecular flexibility index (Phi) is 3.57. The lowest BCUT2D eigenvalue weighted by Crippen LogP contribution is -2.43. The maximum absolute atomic E-state index is 12.3. The van der Waals surface area contributed by atoms with Crippen molar-refractivity contribution in [1.29, 1.82) is 0 Å². The molecule has 124 valence electrons. The highest BCUT2D eigenvalue weighted by Crippen LogP contribution is 2.48. The average Bonchev–Trinajstić information content (AvgIpc) is 2.98. The molecule has 7 nitrogen and oxygen atoms in total. The summed E-state index contributed by atoms with van der Waals surface area (Å²) < 4.78 is 5.35. The summed E-state index contributed by atoms with van der Waals surface area (Å²) in [5, 5.41) is 13.7. The van der Waals surface area contributed by atoms with Crippen LogP contribution in [0.1, 0.15) is 32.4 Å². The Hall–Kier alpha value is -2.12. The van der Waals surface area contributed by atoms with Gasteiger partial charge in [-0.05, 0) is 32.9 Å². The van der Waals surface area contributed by atoms with E-state index in [1.807, 2.05) is 20.8 Å². The van der Waals surface area contributed by atoms with Crippen LogP contribution in [0.4, 0.5) is 0 Å². The van der Waals surface area contributed by atoms with Crippen molar-refractivity contribution in [3.8, 4) is 11.5 Å². The van der Waals surface area contributed by atoms with Crippen LogP contribution in [-0.2, 0) is 14.4 Å². The number of imide groups is 1. The Morgan fingerprint density at radius 3 is 2.57 bits per heavy atom. The number of benzene rings is 1. The second-order valence-corrected chi connectivity index (χ2v) is 6.77. The lowest BCUT2D eigenvalue weighted by atomic mass is 9.88. The minimum Gasteiger partial charge on any atom is -0.508 e. The summed E-state index contributed by atoms with van der Waals surface area (Å²) in [6.45, 7) is 5.82. The van der Waals surface area contributed by atoms with Gasteiger partial charge >= 0.3 is 0 Å². The molecule has 0 saturated carbocycles. The van der Waals surface area contributed by atoms with Gasteiger partial charge in [-0.1, -0.05) is 0 Å². The Labute approximate surface area is 134 Å². The van der Waals surface area contributed by atoms with Gasteiger partial charge in [0, 0.05) is 17.2 Å². The monoisotopic (exact) mass is 320 g/mol. The summed E-state index contributed by atoms with van der Waals surface area (Å²) in [6.07, 6.45) is -0.842. The van der Waals surface area contributed by atoms with Crippen molar-refractivity contribution in [2.24, 2.45) is 5.92 Å². The lowest BCUT2D eigenvalue weighted by molar-refractivity contribution is -0.213. The number of hydrogen-bond acceptors (Lipinski definition) is 6. The molecule has 23 heavy (non-hydrogen) atoms. The molecule has 0 aliphatic carbocycles. The highest BCUT2D eigenvalue weighted by Gasteiger charge is 2.58. The standard InChI is InChI=1S/C16H20N2O5/c1-16(2,3)18-12(9-6-5-8(19)7-10(9)22-4)11-13(23-18)15(21)17-14(11)20/h5-7,11-13,19H,1-4H3,(H,17,20,21). The summed E-state index contributed by atoms with van der Waals surface area (Å²) in [6, 6.07) is 4.22. The number of carbonyl (C=O) groups is 2. The molecule has 3 unspecified atom stereocenters. The molecule has 2 aliphatic rings. The molecule has 2 fully saturated rings. The molecule has 2 saturated heterocycles. The molecular weight excluding hydrogens is 300 g/mol. The number of nitrogens with zero attached hydrogens (tertiary/aromatic N) is 1. The second-order valence-electron chi connectivity index (χ2n) is 6.77. The molecule has 2 amide bonds. The molecule has 0 radical (unpaired) electrons. The number of phenols is 1. The molecule has 2 aliphatic heterocycles. The van der Waals surface area contributed by atoms with Crippen molar-refractivity contribution in [2.45, 2.75) is 38.5 Å². The van der Waals surface area contributed by atoms with Crippen molar-refractivity contribution in [1.82, 2.24) is 10.4 Å². The van der Waals surface area contributed by atoms with E-state index in [0.29, 0.717) is 11.3 Å². The van der Waals surface area contributed by atoms with E-state index in [-0.39, 0.29) is 11.7 Å². The normalized spacial score (nSPS) is 27.9. The third-order valence-corrected chi connectivity index (χ3v) is 4.15. The Morgan fingerprint density at radius 2 is 1.96 bits per heavy atom. The summed E-state index contributed by atoms with van der Waals surface area (Å²) in [4.78, 5) is 30.0. The largest absolute Gasteiger partial charge is 0.508 e. The predicted molar refractivity (Wildman–Crippen MR) is 80.5 cm³/mol. The molecule has 0 spiro atoms. The highest BCUT2D eigenvalue weighted by atomic mass is 16.7. The van der Waals surface area contributed by atoms with Crippen LogP contribution in [0, 0.1) is 5.92 Å². The van der Waals surface area contributed by atoms with E-state index in [1.165, 1.54) is 19.2 Å². The summed E-state index contributed by atoms with van der Waals surface area (Å²) in [5.74, 6) is -0.919. The first-order valence-electron chi connectivity index (χ1n) is 7.42. The molecule has 2 heterocycles. The van der Waals surface area contributed by atoms with Crippen LogP contribution in [0.5, 0.6) is 11.5 Å². The summed E-state index contributed by atoms with van der Waals surface area (Å²) in [7, 11) is 1.49. The second kappa shape index (κ2) is 5.21. The van der Waals surface area contributed by atoms with Gasteiger partial charge in [0.1, 0.15) is 11.5 Å². The fourth-order valence-electron chi connectivity index (χ4n) is 3.17. The van der Waals surface area contributed by atoms with Gasteiger partial charge in [0.25, 0.3) is 5.91 Å². The maximum atomic E-state index is 12.3. The molecule has 1 aromatic carbocycles. The number of methoxy groups -OCH3 is 1. The molecule has 3 rings (SSSR count). The van der Waals surface area contributed by atoms with Crippen molar-refractivity contribution in [3.05, 3.63) is 23.8 Å². The zero-order chi connectivity index (χ0) is 16.9. The predicted octanol–water partition coefficient (Wildman–Crippen LogP) is 1.13. The number of amides is 2. The number of nitrogens with one attached hydrogen (secondary N) is 1. The lowest BCUT2D eigenvalue weighted by Gasteiger charge is -2.36. The molecule has 7 heteroatoms. The van der Waals surface area contributed by atoms with Crippen molar-refractivity contribution in [2.75, 3.05) is 7.11 Å². The number of fused-ring (bicyclic) bond motifs is 1. The fourth-order valence-corrected chi connectivity index (χ4v) is 3.17. The van der Waals surface area contributed by atoms with E-state index in [0.717, 1.165) is 0 Å². The van der Waals surface area contributed by atoms with Crippen LogP contribution in [0.3, 0.4) is 0 Å². The van der Waals surface area contributed by atoms with Crippen LogP contribution in [0.25, 0.3) is 0 Å². The van der Waals surface area contributed by atoms with E-state index in [2.05, 4.69) is 5.32 Å². The molecule has 3 atom stereocenters. The minimum atomic E-state index is -0.842. The van der Waals surface area contributed by atoms with Crippen molar-refractivity contribution >= 4 is 11.8 Å². The number of carbonyl (C=O) groups excluding carboxylic acids is 2. The highest BCUT2D eigenvalue weighted by molar-refractivity contribution is 6.07. The SMILES string of the molecule is COc1cc(O)ccc1C1C2C(=O)NC(=O)C2ON1C(C)(C)C. The van der Waals surface area contributed by atoms with E-state index in [1.54, 1.807) is 11.1 Å². The first-order valence-corrected chi connectivity index (χ1v) is 7.42. The van der Waals surface area contributed by atoms with Gasteiger partial charge in [-0.15, -0.1) is 0 Å². The van der Waals surface area contributed by atoms with Gasteiger partial charge in [-0.3, -0.25) is 19.7 Å². The Balaban J connectivity index is 2.12. The third-order valence-electron chi connectivity index (χ3n) is 4.15. The number of ether oxygens (including phenoxy) is 1. The van der Waals surface area contributed by atoms with Gasteiger partial charge in [0.05, 0.1) is 19.1 Å². The van der Waals surface area contributed by atoms with E-state index in [4.69, 9.17) is 9.57 Å². The topological polar surface area (TPSA) is 88.1 Å². The van der Waals surface area contributed by atoms with Gasteiger partial charge < -0.3 is 9.84 Å². The first kappa shape index (κ1) is 15.8. The Bertz CT molecular complexity index is 667. The number of rotatable bonds is 2. The number of hydroxylamine groups is 2. The first-order chi connectivity index (χ1) is 10.7. The van der Waals surface area contributed by atoms with Crippen LogP contribution in [-0.4, -0.2) is 40.7 Å². The number of hydrogen-bond donors (Lipinski definition) is 2. The Morgan fingerprint density at radius 1 is 1.26 bits per heavy atom.